The molecule has 0 aliphatic heterocycles. The van der Waals surface area contributed by atoms with Crippen molar-refractivity contribution < 1.29 is 14.1 Å². The summed E-state index contributed by atoms with van der Waals surface area (Å²) in [5.41, 5.74) is 5.75. The number of aromatic nitrogens is 3. The monoisotopic (exact) mass is 371 g/mol. The first-order valence-corrected chi connectivity index (χ1v) is 8.76. The molecule has 3 aromatic rings. The molecule has 2 heterocycles. The van der Waals surface area contributed by atoms with E-state index in [0.29, 0.717) is 28.7 Å². The third-order valence-corrected chi connectivity index (χ3v) is 4.58. The molecule has 0 saturated carbocycles. The molecular weight excluding hydrogens is 354 g/mol. The van der Waals surface area contributed by atoms with Crippen molar-refractivity contribution >= 4 is 23.6 Å². The fourth-order valence-corrected chi connectivity index (χ4v) is 3.15. The molecule has 26 heavy (non-hydrogen) atoms. The van der Waals surface area contributed by atoms with Gasteiger partial charge in [-0.15, -0.1) is 11.8 Å². The second-order valence-electron chi connectivity index (χ2n) is 5.43. The first kappa shape index (κ1) is 17.7. The number of benzene rings is 1. The van der Waals surface area contributed by atoms with Crippen molar-refractivity contribution in [2.24, 2.45) is 7.05 Å². The molecule has 0 unspecified atom stereocenters. The van der Waals surface area contributed by atoms with Crippen molar-refractivity contribution in [3.8, 4) is 0 Å². The van der Waals surface area contributed by atoms with E-state index < -0.39 is 11.8 Å². The minimum atomic E-state index is -0.405. The Morgan fingerprint density at radius 2 is 1.92 bits per heavy atom. The number of amides is 2. The van der Waals surface area contributed by atoms with Crippen molar-refractivity contribution in [1.29, 1.82) is 0 Å². The van der Waals surface area contributed by atoms with Crippen LogP contribution < -0.4 is 10.9 Å². The Bertz CT molecular complexity index is 934. The minimum Gasteiger partial charge on any atom is -0.347 e. The smallest absolute Gasteiger partial charge is 0.286 e. The van der Waals surface area contributed by atoms with Crippen LogP contribution in [0.5, 0.6) is 0 Å². The lowest BCUT2D eigenvalue weighted by molar-refractivity contribution is 0.0840. The van der Waals surface area contributed by atoms with Gasteiger partial charge in [-0.05, 0) is 31.2 Å². The number of rotatable bonds is 5. The Kier molecular flexibility index (Phi) is 5.37. The highest BCUT2D eigenvalue weighted by Gasteiger charge is 2.15. The minimum absolute atomic E-state index is 0.391. The Morgan fingerprint density at radius 1 is 1.15 bits per heavy atom. The van der Waals surface area contributed by atoms with Crippen molar-refractivity contribution in [2.75, 3.05) is 0 Å². The number of hydrogen-bond acceptors (Lipinski definition) is 6. The lowest BCUT2D eigenvalue weighted by Gasteiger charge is -2.10. The number of hydrazine groups is 1. The quantitative estimate of drug-likeness (QED) is 0.526. The van der Waals surface area contributed by atoms with Gasteiger partial charge in [0.25, 0.3) is 11.8 Å². The standard InChI is InChI=1S/C17H17N5O3S/c1-11-18-15(25-21-11)10-26-14-8-4-3-6-12(14)16(23)19-20-17(24)13-7-5-9-22(13)2/h3-9H,10H2,1-2H3,(H,19,23)(H,20,24). The number of thioether (sulfide) groups is 1. The molecule has 1 aromatic carbocycles. The molecule has 134 valence electrons. The molecule has 0 saturated heterocycles. The van der Waals surface area contributed by atoms with Crippen LogP contribution >= 0.6 is 11.8 Å². The largest absolute Gasteiger partial charge is 0.347 e. The fraction of sp³-hybridized carbons (Fsp3) is 0.176. The van der Waals surface area contributed by atoms with Gasteiger partial charge in [0, 0.05) is 18.1 Å². The van der Waals surface area contributed by atoms with Crippen LogP contribution in [0, 0.1) is 6.92 Å². The van der Waals surface area contributed by atoms with Crippen LogP contribution in [0.4, 0.5) is 0 Å². The summed E-state index contributed by atoms with van der Waals surface area (Å²) in [4.78, 5) is 29.4. The summed E-state index contributed by atoms with van der Waals surface area (Å²) in [5.74, 6) is 0.699. The molecule has 0 aliphatic rings. The molecule has 9 heteroatoms. The van der Waals surface area contributed by atoms with Gasteiger partial charge in [-0.3, -0.25) is 20.4 Å². The van der Waals surface area contributed by atoms with Crippen molar-refractivity contribution in [2.45, 2.75) is 17.6 Å². The number of nitrogens with zero attached hydrogens (tertiary/aromatic N) is 3. The highest BCUT2D eigenvalue weighted by Crippen LogP contribution is 2.25. The Hall–Kier alpha value is -3.07. The molecule has 0 atom stereocenters. The average Bonchev–Trinajstić information content (AvgIpc) is 3.26. The molecule has 0 radical (unpaired) electrons. The maximum atomic E-state index is 12.4. The van der Waals surface area contributed by atoms with Crippen molar-refractivity contribution in [3.63, 3.8) is 0 Å². The van der Waals surface area contributed by atoms with Crippen molar-refractivity contribution in [1.82, 2.24) is 25.6 Å². The summed E-state index contributed by atoms with van der Waals surface area (Å²) in [6.07, 6.45) is 1.75. The third-order valence-electron chi connectivity index (χ3n) is 3.52. The normalized spacial score (nSPS) is 10.5. The van der Waals surface area contributed by atoms with E-state index in [2.05, 4.69) is 21.0 Å². The van der Waals surface area contributed by atoms with Gasteiger partial charge < -0.3 is 9.09 Å². The number of nitrogens with one attached hydrogen (secondary N) is 2. The van der Waals surface area contributed by atoms with Crippen LogP contribution in [0.3, 0.4) is 0 Å². The van der Waals surface area contributed by atoms with Gasteiger partial charge in [0.2, 0.25) is 5.89 Å². The molecule has 8 nitrogen and oxygen atoms in total. The van der Waals surface area contributed by atoms with E-state index >= 15 is 0 Å². The molecule has 2 amide bonds. The van der Waals surface area contributed by atoms with Gasteiger partial charge in [0.15, 0.2) is 5.82 Å². The van der Waals surface area contributed by atoms with Crippen LogP contribution in [0.1, 0.15) is 32.6 Å². The molecule has 0 bridgehead atoms. The number of carbonyl (C=O) groups is 2. The average molecular weight is 371 g/mol. The third kappa shape index (κ3) is 4.12. The van der Waals surface area contributed by atoms with Gasteiger partial charge in [-0.2, -0.15) is 4.98 Å². The molecule has 0 spiro atoms. The molecule has 0 aliphatic carbocycles. The number of aryl methyl sites for hydroxylation is 2. The molecule has 0 fully saturated rings. The topological polar surface area (TPSA) is 102 Å². The summed E-state index contributed by atoms with van der Waals surface area (Å²) in [6, 6.07) is 10.5. The number of carbonyl (C=O) groups excluding carboxylic acids is 2. The van der Waals surface area contributed by atoms with E-state index in [1.807, 2.05) is 12.1 Å². The highest BCUT2D eigenvalue weighted by molar-refractivity contribution is 7.98. The van der Waals surface area contributed by atoms with Gasteiger partial charge in [0.05, 0.1) is 11.3 Å². The van der Waals surface area contributed by atoms with Crippen LogP contribution in [0.2, 0.25) is 0 Å². The summed E-state index contributed by atoms with van der Waals surface area (Å²) >= 11 is 1.40. The summed E-state index contributed by atoms with van der Waals surface area (Å²) < 4.78 is 6.74. The van der Waals surface area contributed by atoms with Gasteiger partial charge in [-0.25, -0.2) is 0 Å². The predicted octanol–water partition coefficient (Wildman–Crippen LogP) is 2.08. The van der Waals surface area contributed by atoms with Crippen LogP contribution in [0.15, 0.2) is 52.0 Å². The van der Waals surface area contributed by atoms with E-state index in [-0.39, 0.29) is 0 Å². The van der Waals surface area contributed by atoms with Gasteiger partial charge in [-0.1, -0.05) is 17.3 Å². The highest BCUT2D eigenvalue weighted by atomic mass is 32.2. The molecule has 2 N–H and O–H groups in total. The van der Waals surface area contributed by atoms with E-state index in [9.17, 15) is 9.59 Å². The van der Waals surface area contributed by atoms with Crippen LogP contribution in [0.25, 0.3) is 0 Å². The molecule has 2 aromatic heterocycles. The summed E-state index contributed by atoms with van der Waals surface area (Å²) in [6.45, 7) is 1.74. The summed E-state index contributed by atoms with van der Waals surface area (Å²) in [5, 5.41) is 3.74. The van der Waals surface area contributed by atoms with E-state index in [1.54, 1.807) is 49.0 Å². The zero-order valence-electron chi connectivity index (χ0n) is 14.2. The Morgan fingerprint density at radius 3 is 2.62 bits per heavy atom. The Balaban J connectivity index is 1.63. The zero-order valence-corrected chi connectivity index (χ0v) is 15.0. The lowest BCUT2D eigenvalue weighted by atomic mass is 10.2. The predicted molar refractivity (Wildman–Crippen MR) is 95.4 cm³/mol. The molecular formula is C17H17N5O3S. The summed E-state index contributed by atoms with van der Waals surface area (Å²) in [7, 11) is 1.75. The second-order valence-corrected chi connectivity index (χ2v) is 6.45. The lowest BCUT2D eigenvalue weighted by Crippen LogP contribution is -2.42. The van der Waals surface area contributed by atoms with Crippen LogP contribution in [-0.2, 0) is 12.8 Å². The zero-order chi connectivity index (χ0) is 18.5. The SMILES string of the molecule is Cc1noc(CSc2ccccc2C(=O)NNC(=O)c2cccn2C)n1. The Labute approximate surface area is 153 Å². The van der Waals surface area contributed by atoms with Crippen molar-refractivity contribution in [3.05, 3.63) is 65.6 Å². The van der Waals surface area contributed by atoms with E-state index in [1.165, 1.54) is 11.8 Å². The maximum Gasteiger partial charge on any atom is 0.286 e. The molecule has 3 rings (SSSR count). The first-order valence-electron chi connectivity index (χ1n) is 7.77. The van der Waals surface area contributed by atoms with E-state index in [4.69, 9.17) is 4.52 Å². The fourth-order valence-electron chi connectivity index (χ4n) is 2.26. The van der Waals surface area contributed by atoms with Crippen LogP contribution in [-0.4, -0.2) is 26.5 Å². The van der Waals surface area contributed by atoms with Gasteiger partial charge >= 0.3 is 0 Å². The van der Waals surface area contributed by atoms with E-state index in [0.717, 1.165) is 4.90 Å². The maximum absolute atomic E-state index is 12.4. The first-order chi connectivity index (χ1) is 12.5. The number of hydrogen-bond donors (Lipinski definition) is 2. The van der Waals surface area contributed by atoms with Gasteiger partial charge in [0.1, 0.15) is 5.69 Å². The second kappa shape index (κ2) is 7.87.